The summed E-state index contributed by atoms with van der Waals surface area (Å²) in [5, 5.41) is 0. The summed E-state index contributed by atoms with van der Waals surface area (Å²) >= 11 is 0. The molecule has 0 fully saturated rings. The first-order chi connectivity index (χ1) is 1.91. The Bertz CT molecular complexity index is 10.0. The quantitative estimate of drug-likeness (QED) is 0.471. The van der Waals surface area contributed by atoms with Gasteiger partial charge in [-0.05, 0) is 0 Å². The summed E-state index contributed by atoms with van der Waals surface area (Å²) in [7, 11) is 0. The third-order valence-corrected chi connectivity index (χ3v) is 0.500. The van der Waals surface area contributed by atoms with Gasteiger partial charge in [-0.3, -0.25) is 0 Å². The minimum absolute atomic E-state index is 0. The van der Waals surface area contributed by atoms with Gasteiger partial charge >= 0.3 is 0 Å². The molecule has 0 unspecified atom stereocenters. The average Bonchev–Trinajstić information content (AvgIpc) is 1.37. The molecule has 0 aromatic rings. The fourth-order valence-electron chi connectivity index (χ4n) is 0. The molecule has 0 spiro atoms. The minimum atomic E-state index is 0. The minimum Gasteiger partial charge on any atom is -0.0654 e. The van der Waals surface area contributed by atoms with E-state index in [0.29, 0.717) is 0 Å². The van der Waals surface area contributed by atoms with Gasteiger partial charge in [0, 0.05) is 118 Å². The third kappa shape index (κ3) is 32.4. The van der Waals surface area contributed by atoms with E-state index in [1.165, 1.54) is 12.8 Å². The molecular formula is C4H10Na4. The Kier molecular flexibility index (Phi) is 113. The van der Waals surface area contributed by atoms with Gasteiger partial charge < -0.3 is 0 Å². The molecule has 0 amide bonds. The molecule has 0 aromatic heterocycles. The molecule has 4 radical (unpaired) electrons. The molecule has 30 valence electrons. The van der Waals surface area contributed by atoms with Crippen LogP contribution in [-0.4, -0.2) is 118 Å². The van der Waals surface area contributed by atoms with Gasteiger partial charge in [-0.1, -0.05) is 26.7 Å². The van der Waals surface area contributed by atoms with E-state index in [2.05, 4.69) is 13.8 Å². The predicted molar refractivity (Wildman–Crippen MR) is 43.6 cm³/mol. The van der Waals surface area contributed by atoms with Crippen molar-refractivity contribution in [3.63, 3.8) is 0 Å². The second kappa shape index (κ2) is 30.6. The van der Waals surface area contributed by atoms with Crippen molar-refractivity contribution in [3.8, 4) is 0 Å². The van der Waals surface area contributed by atoms with Gasteiger partial charge in [0.15, 0.2) is 0 Å². The molecule has 0 saturated heterocycles. The molecule has 0 aliphatic carbocycles. The third-order valence-electron chi connectivity index (χ3n) is 0.500. The molecule has 0 aromatic carbocycles. The van der Waals surface area contributed by atoms with Crippen LogP contribution in [0.3, 0.4) is 0 Å². The number of rotatable bonds is 1. The fraction of sp³-hybridized carbons (Fsp3) is 1.00. The van der Waals surface area contributed by atoms with Crippen molar-refractivity contribution in [2.24, 2.45) is 0 Å². The first-order valence-corrected chi connectivity index (χ1v) is 1.91. The molecule has 0 saturated carbocycles. The Balaban J connectivity index is -0.00000000750. The van der Waals surface area contributed by atoms with Crippen molar-refractivity contribution in [3.05, 3.63) is 0 Å². The molecule has 4 heteroatoms. The van der Waals surface area contributed by atoms with E-state index >= 15 is 0 Å². The van der Waals surface area contributed by atoms with Crippen LogP contribution in [0.1, 0.15) is 26.7 Å². The summed E-state index contributed by atoms with van der Waals surface area (Å²) in [6.45, 7) is 4.36. The molecule has 0 heterocycles. The van der Waals surface area contributed by atoms with Crippen LogP contribution in [0, 0.1) is 0 Å². The van der Waals surface area contributed by atoms with Gasteiger partial charge in [0.1, 0.15) is 0 Å². The van der Waals surface area contributed by atoms with Gasteiger partial charge in [-0.25, -0.2) is 0 Å². The van der Waals surface area contributed by atoms with Crippen LogP contribution in [0.5, 0.6) is 0 Å². The number of hydrogen-bond donors (Lipinski definition) is 0. The van der Waals surface area contributed by atoms with Crippen molar-refractivity contribution in [2.75, 3.05) is 0 Å². The summed E-state index contributed by atoms with van der Waals surface area (Å²) in [6, 6.07) is 0. The van der Waals surface area contributed by atoms with E-state index in [9.17, 15) is 0 Å². The summed E-state index contributed by atoms with van der Waals surface area (Å²) < 4.78 is 0. The monoisotopic (exact) mass is 150 g/mol. The van der Waals surface area contributed by atoms with Crippen molar-refractivity contribution < 1.29 is 0 Å². The molecule has 0 rings (SSSR count). The fourth-order valence-corrected chi connectivity index (χ4v) is 0. The number of hydrogen-bond acceptors (Lipinski definition) is 0. The second-order valence-electron chi connectivity index (χ2n) is 1.000. The maximum Gasteiger partial charge on any atom is 0 e. The molecule has 8 heavy (non-hydrogen) atoms. The average molecular weight is 150 g/mol. The molecular weight excluding hydrogens is 140 g/mol. The Morgan fingerprint density at radius 3 is 0.750 bits per heavy atom. The van der Waals surface area contributed by atoms with Crippen LogP contribution in [0.15, 0.2) is 0 Å². The van der Waals surface area contributed by atoms with Crippen molar-refractivity contribution >= 4 is 118 Å². The summed E-state index contributed by atoms with van der Waals surface area (Å²) in [5.41, 5.74) is 0. The van der Waals surface area contributed by atoms with E-state index in [1.54, 1.807) is 0 Å². The normalized spacial score (nSPS) is 3.75. The number of unbranched alkanes of at least 4 members (excludes halogenated alkanes) is 1. The maximum absolute atomic E-state index is 2.18. The molecule has 0 aliphatic heterocycles. The van der Waals surface area contributed by atoms with E-state index < -0.39 is 0 Å². The van der Waals surface area contributed by atoms with Gasteiger partial charge in [-0.15, -0.1) is 0 Å². The smallest absolute Gasteiger partial charge is 0 e. The maximum atomic E-state index is 2.18. The van der Waals surface area contributed by atoms with Gasteiger partial charge in [-0.2, -0.15) is 0 Å². The molecule has 0 aliphatic rings. The topological polar surface area (TPSA) is 0 Å². The van der Waals surface area contributed by atoms with Gasteiger partial charge in [0.05, 0.1) is 0 Å². The van der Waals surface area contributed by atoms with Crippen molar-refractivity contribution in [1.82, 2.24) is 0 Å². The first kappa shape index (κ1) is 29.6. The zero-order chi connectivity index (χ0) is 3.41. The largest absolute Gasteiger partial charge is 0.0654 e. The van der Waals surface area contributed by atoms with Crippen LogP contribution < -0.4 is 0 Å². The SMILES string of the molecule is CCCC.[Na].[Na].[Na].[Na]. The Morgan fingerprint density at radius 1 is 0.625 bits per heavy atom. The van der Waals surface area contributed by atoms with E-state index in [4.69, 9.17) is 0 Å². The van der Waals surface area contributed by atoms with Gasteiger partial charge in [0.2, 0.25) is 0 Å². The zero-order valence-electron chi connectivity index (χ0n) is 7.41. The van der Waals surface area contributed by atoms with Crippen LogP contribution in [0.4, 0.5) is 0 Å². The summed E-state index contributed by atoms with van der Waals surface area (Å²) in [5.74, 6) is 0. The molecule has 0 atom stereocenters. The molecule has 0 bridgehead atoms. The van der Waals surface area contributed by atoms with Gasteiger partial charge in [0.25, 0.3) is 0 Å². The Morgan fingerprint density at radius 2 is 0.750 bits per heavy atom. The first-order valence-electron chi connectivity index (χ1n) is 1.91. The standard InChI is InChI=1S/C4H10.4Na/c1-3-4-2;;;;/h3-4H2,1-2H3;;;;. The van der Waals surface area contributed by atoms with E-state index in [-0.39, 0.29) is 118 Å². The van der Waals surface area contributed by atoms with Crippen LogP contribution >= 0.6 is 0 Å². The molecule has 0 nitrogen and oxygen atoms in total. The Labute approximate surface area is 141 Å². The van der Waals surface area contributed by atoms with E-state index in [1.807, 2.05) is 0 Å². The van der Waals surface area contributed by atoms with Crippen molar-refractivity contribution in [2.45, 2.75) is 26.7 Å². The Hall–Kier alpha value is 4.00. The van der Waals surface area contributed by atoms with Crippen molar-refractivity contribution in [1.29, 1.82) is 0 Å². The van der Waals surface area contributed by atoms with E-state index in [0.717, 1.165) is 0 Å². The zero-order valence-corrected chi connectivity index (χ0v) is 15.4. The van der Waals surface area contributed by atoms with Crippen LogP contribution in [0.2, 0.25) is 0 Å². The summed E-state index contributed by atoms with van der Waals surface area (Å²) in [6.07, 6.45) is 2.64. The van der Waals surface area contributed by atoms with Crippen LogP contribution in [0.25, 0.3) is 0 Å². The summed E-state index contributed by atoms with van der Waals surface area (Å²) in [4.78, 5) is 0. The second-order valence-corrected chi connectivity index (χ2v) is 1.000. The predicted octanol–water partition coefficient (Wildman–Crippen LogP) is 0.283. The molecule has 0 N–H and O–H groups in total. The van der Waals surface area contributed by atoms with Crippen LogP contribution in [-0.2, 0) is 0 Å².